The summed E-state index contributed by atoms with van der Waals surface area (Å²) in [7, 11) is 1.83. The molecular weight excluding hydrogens is 486 g/mol. The topological polar surface area (TPSA) is 39.7 Å². The number of hydrogen-bond donors (Lipinski definition) is 2. The van der Waals surface area contributed by atoms with Crippen LogP contribution in [0.15, 0.2) is 46.8 Å². The molecule has 1 saturated heterocycles. The number of piperidine rings is 1. The molecule has 2 aliphatic rings. The van der Waals surface area contributed by atoms with Crippen molar-refractivity contribution in [3.8, 4) is 0 Å². The smallest absolute Gasteiger partial charge is 0.191 e. The average Bonchev–Trinajstić information content (AvgIpc) is 3.29. The molecule has 1 aliphatic carbocycles. The molecule has 1 aromatic carbocycles. The van der Waals surface area contributed by atoms with Crippen molar-refractivity contribution in [2.24, 2.45) is 4.99 Å². The summed E-state index contributed by atoms with van der Waals surface area (Å²) < 4.78 is 13.2. The fourth-order valence-corrected chi connectivity index (χ4v) is 4.64. The lowest BCUT2D eigenvalue weighted by atomic mass is 9.96. The summed E-state index contributed by atoms with van der Waals surface area (Å²) in [6.07, 6.45) is 4.51. The molecule has 1 aliphatic heterocycles. The predicted molar refractivity (Wildman–Crippen MR) is 127 cm³/mol. The Labute approximate surface area is 187 Å². The first kappa shape index (κ1) is 21.4. The second-order valence-corrected chi connectivity index (χ2v) is 8.50. The quantitative estimate of drug-likeness (QED) is 0.354. The highest BCUT2D eigenvalue weighted by atomic mass is 127. The summed E-state index contributed by atoms with van der Waals surface area (Å²) in [6.45, 7) is 3.00. The van der Waals surface area contributed by atoms with Crippen molar-refractivity contribution in [1.29, 1.82) is 0 Å². The van der Waals surface area contributed by atoms with Gasteiger partial charge in [0, 0.05) is 38.1 Å². The van der Waals surface area contributed by atoms with Crippen molar-refractivity contribution in [3.05, 3.63) is 53.2 Å². The van der Waals surface area contributed by atoms with E-state index in [0.29, 0.717) is 6.04 Å². The number of guanidine groups is 1. The summed E-state index contributed by atoms with van der Waals surface area (Å²) in [6, 6.07) is 11.7. The molecule has 2 N–H and O–H groups in total. The van der Waals surface area contributed by atoms with Crippen LogP contribution in [0.3, 0.4) is 0 Å². The molecule has 0 bridgehead atoms. The van der Waals surface area contributed by atoms with E-state index in [1.165, 1.54) is 10.6 Å². The van der Waals surface area contributed by atoms with Gasteiger partial charge in [-0.25, -0.2) is 4.39 Å². The number of aliphatic imine (C=N–C) groups is 1. The van der Waals surface area contributed by atoms with E-state index in [0.717, 1.165) is 51.3 Å². The molecule has 4 rings (SSSR count). The van der Waals surface area contributed by atoms with Crippen LogP contribution >= 0.6 is 35.3 Å². The van der Waals surface area contributed by atoms with Crippen LogP contribution in [-0.2, 0) is 5.41 Å². The van der Waals surface area contributed by atoms with Gasteiger partial charge in [0.05, 0.1) is 5.00 Å². The SMILES string of the molecule is CN=C(NCC1(c2ccc(F)cc2)CC1)NC1CCN(c2cccs2)CC1.I. The maximum atomic E-state index is 13.2. The van der Waals surface area contributed by atoms with Crippen LogP contribution in [0.5, 0.6) is 0 Å². The Morgan fingerprint density at radius 2 is 1.93 bits per heavy atom. The maximum absolute atomic E-state index is 13.2. The third kappa shape index (κ3) is 4.97. The van der Waals surface area contributed by atoms with Crippen LogP contribution in [-0.4, -0.2) is 38.7 Å². The fraction of sp³-hybridized carbons (Fsp3) is 0.476. The molecule has 0 spiro atoms. The molecule has 7 heteroatoms. The van der Waals surface area contributed by atoms with Crippen molar-refractivity contribution >= 4 is 46.3 Å². The van der Waals surface area contributed by atoms with E-state index < -0.39 is 0 Å². The highest BCUT2D eigenvalue weighted by molar-refractivity contribution is 14.0. The van der Waals surface area contributed by atoms with E-state index in [2.05, 4.69) is 38.0 Å². The van der Waals surface area contributed by atoms with E-state index in [1.54, 1.807) is 12.1 Å². The molecule has 4 nitrogen and oxygen atoms in total. The summed E-state index contributed by atoms with van der Waals surface area (Å²) >= 11 is 1.81. The van der Waals surface area contributed by atoms with Crippen LogP contribution < -0.4 is 15.5 Å². The predicted octanol–water partition coefficient (Wildman–Crippen LogP) is 4.37. The standard InChI is InChI=1S/C21H27FN4S.HI/c1-23-20(24-15-21(10-11-21)16-4-6-17(22)7-5-16)25-18-8-12-26(13-9-18)19-3-2-14-27-19;/h2-7,14,18H,8-13,15H2,1H3,(H2,23,24,25);1H. The fourth-order valence-electron chi connectivity index (χ4n) is 3.86. The molecule has 1 saturated carbocycles. The third-order valence-electron chi connectivity index (χ3n) is 5.78. The summed E-state index contributed by atoms with van der Waals surface area (Å²) in [4.78, 5) is 6.88. The summed E-state index contributed by atoms with van der Waals surface area (Å²) in [5, 5.41) is 10.6. The molecular formula is C21H28FIN4S. The number of hydrogen-bond acceptors (Lipinski definition) is 3. The second kappa shape index (κ2) is 9.43. The second-order valence-electron chi connectivity index (χ2n) is 7.57. The zero-order valence-corrected chi connectivity index (χ0v) is 19.3. The first-order chi connectivity index (χ1) is 13.2. The Morgan fingerprint density at radius 1 is 1.21 bits per heavy atom. The third-order valence-corrected chi connectivity index (χ3v) is 6.71. The van der Waals surface area contributed by atoms with E-state index in [1.807, 2.05) is 30.5 Å². The lowest BCUT2D eigenvalue weighted by Gasteiger charge is -2.33. The normalized spacial score (nSPS) is 19.1. The molecule has 2 fully saturated rings. The van der Waals surface area contributed by atoms with Crippen molar-refractivity contribution in [2.75, 3.05) is 31.6 Å². The first-order valence-corrected chi connectivity index (χ1v) is 10.6. The first-order valence-electron chi connectivity index (χ1n) is 9.70. The molecule has 2 heterocycles. The van der Waals surface area contributed by atoms with Crippen molar-refractivity contribution in [3.63, 3.8) is 0 Å². The minimum atomic E-state index is -0.172. The van der Waals surface area contributed by atoms with Crippen molar-refractivity contribution in [2.45, 2.75) is 37.1 Å². The van der Waals surface area contributed by atoms with Crippen LogP contribution in [0.4, 0.5) is 9.39 Å². The number of anilines is 1. The van der Waals surface area contributed by atoms with E-state index in [9.17, 15) is 4.39 Å². The van der Waals surface area contributed by atoms with E-state index in [-0.39, 0.29) is 35.2 Å². The largest absolute Gasteiger partial charge is 0.363 e. The van der Waals surface area contributed by atoms with Gasteiger partial charge in [-0.05, 0) is 60.9 Å². The van der Waals surface area contributed by atoms with Gasteiger partial charge in [-0.15, -0.1) is 35.3 Å². The van der Waals surface area contributed by atoms with Gasteiger partial charge in [0.2, 0.25) is 0 Å². The highest BCUT2D eigenvalue weighted by Crippen LogP contribution is 2.47. The number of nitrogens with one attached hydrogen (secondary N) is 2. The Balaban J connectivity index is 0.00000225. The lowest BCUT2D eigenvalue weighted by Crippen LogP contribution is -2.49. The Bertz CT molecular complexity index is 766. The zero-order valence-electron chi connectivity index (χ0n) is 16.2. The monoisotopic (exact) mass is 514 g/mol. The average molecular weight is 514 g/mol. The molecule has 152 valence electrons. The Morgan fingerprint density at radius 3 is 2.50 bits per heavy atom. The van der Waals surface area contributed by atoms with Gasteiger partial charge in [0.1, 0.15) is 5.82 Å². The summed E-state index contributed by atoms with van der Waals surface area (Å²) in [5.74, 6) is 0.701. The van der Waals surface area contributed by atoms with Crippen molar-refractivity contribution in [1.82, 2.24) is 10.6 Å². The Kier molecular flexibility index (Phi) is 7.20. The molecule has 28 heavy (non-hydrogen) atoms. The maximum Gasteiger partial charge on any atom is 0.191 e. The number of nitrogens with zero attached hydrogens (tertiary/aromatic N) is 2. The van der Waals surface area contributed by atoms with Gasteiger partial charge in [0.25, 0.3) is 0 Å². The number of benzene rings is 1. The van der Waals surface area contributed by atoms with Gasteiger partial charge >= 0.3 is 0 Å². The number of thiophene rings is 1. The van der Waals surface area contributed by atoms with E-state index in [4.69, 9.17) is 0 Å². The minimum absolute atomic E-state index is 0. The van der Waals surface area contributed by atoms with Crippen LogP contribution in [0.25, 0.3) is 0 Å². The zero-order chi connectivity index (χ0) is 18.7. The summed E-state index contributed by atoms with van der Waals surface area (Å²) in [5.41, 5.74) is 1.35. The molecule has 0 unspecified atom stereocenters. The molecule has 1 aromatic heterocycles. The van der Waals surface area contributed by atoms with Gasteiger partial charge in [-0.2, -0.15) is 0 Å². The molecule has 0 radical (unpaired) electrons. The highest BCUT2D eigenvalue weighted by Gasteiger charge is 2.44. The minimum Gasteiger partial charge on any atom is -0.363 e. The van der Waals surface area contributed by atoms with Gasteiger partial charge < -0.3 is 15.5 Å². The van der Waals surface area contributed by atoms with Gasteiger partial charge in [-0.1, -0.05) is 12.1 Å². The van der Waals surface area contributed by atoms with Crippen LogP contribution in [0.1, 0.15) is 31.2 Å². The van der Waals surface area contributed by atoms with Gasteiger partial charge in [0.15, 0.2) is 5.96 Å². The molecule has 0 amide bonds. The molecule has 2 aromatic rings. The molecule has 0 atom stereocenters. The lowest BCUT2D eigenvalue weighted by molar-refractivity contribution is 0.461. The number of halogens is 2. The number of rotatable bonds is 5. The van der Waals surface area contributed by atoms with Crippen molar-refractivity contribution < 1.29 is 4.39 Å². The van der Waals surface area contributed by atoms with E-state index >= 15 is 0 Å². The van der Waals surface area contributed by atoms with Gasteiger partial charge in [-0.3, -0.25) is 4.99 Å². The van der Waals surface area contributed by atoms with Crippen LogP contribution in [0, 0.1) is 5.82 Å². The van der Waals surface area contributed by atoms with Crippen LogP contribution in [0.2, 0.25) is 0 Å². The Hall–Kier alpha value is -1.35.